The minimum Gasteiger partial charge on any atom is -0.504 e. The first kappa shape index (κ1) is 26.7. The second-order valence-corrected chi connectivity index (χ2v) is 7.61. The molecule has 0 spiro atoms. The van der Waals surface area contributed by atoms with Gasteiger partial charge in [0, 0.05) is 57.1 Å². The van der Waals surface area contributed by atoms with Gasteiger partial charge in [0.1, 0.15) is 0 Å². The van der Waals surface area contributed by atoms with Crippen molar-refractivity contribution in [2.45, 2.75) is 31.8 Å². The van der Waals surface area contributed by atoms with E-state index in [9.17, 15) is 15.0 Å². The van der Waals surface area contributed by atoms with Crippen LogP contribution in [0.2, 0.25) is 0 Å². The lowest BCUT2D eigenvalue weighted by molar-refractivity contribution is -0.121. The van der Waals surface area contributed by atoms with Crippen molar-refractivity contribution in [2.24, 2.45) is 15.9 Å². The Morgan fingerprint density at radius 2 is 2.26 bits per heavy atom. The third kappa shape index (κ3) is 8.41. The number of aromatic hydroxyl groups is 1. The van der Waals surface area contributed by atoms with E-state index in [1.165, 1.54) is 38.2 Å². The van der Waals surface area contributed by atoms with Gasteiger partial charge < -0.3 is 35.9 Å². The first-order chi connectivity index (χ1) is 16.5. The average molecular weight is 472 g/mol. The number of phenolic OH excluding ortho intramolecular Hbond substituents is 1. The predicted octanol–water partition coefficient (Wildman–Crippen LogP) is 1.27. The predicted molar refractivity (Wildman–Crippen MR) is 132 cm³/mol. The SMILES string of the molecule is COc1ccc(CNCC(C=NC(=N)N2CCC[C@H]2CO)C(=O)N/C=C/N=CCC=N)cc1O. The molecule has 0 bridgehead atoms. The van der Waals surface area contributed by atoms with E-state index < -0.39 is 5.92 Å². The van der Waals surface area contributed by atoms with E-state index in [4.69, 9.17) is 15.6 Å². The summed E-state index contributed by atoms with van der Waals surface area (Å²) in [5.41, 5.74) is 0.811. The molecule has 2 rings (SSSR count). The normalized spacial score (nSPS) is 17.0. The number of ether oxygens (including phenoxy) is 1. The number of carbonyl (C=O) groups excluding carboxylic acids is 1. The molecular formula is C23H33N7O4. The maximum Gasteiger partial charge on any atom is 0.233 e. The lowest BCUT2D eigenvalue weighted by atomic mass is 10.1. The highest BCUT2D eigenvalue weighted by Crippen LogP contribution is 2.26. The fourth-order valence-electron chi connectivity index (χ4n) is 3.41. The third-order valence-corrected chi connectivity index (χ3v) is 5.22. The van der Waals surface area contributed by atoms with Gasteiger partial charge in [-0.25, -0.2) is 4.99 Å². The molecule has 1 amide bonds. The number of hydrogen-bond acceptors (Lipinski definition) is 8. The van der Waals surface area contributed by atoms with Crippen molar-refractivity contribution in [1.29, 1.82) is 10.8 Å². The Hall–Kier alpha value is -3.57. The van der Waals surface area contributed by atoms with E-state index in [1.807, 2.05) is 6.07 Å². The summed E-state index contributed by atoms with van der Waals surface area (Å²) in [7, 11) is 1.48. The number of aliphatic hydroxyl groups is 1. The summed E-state index contributed by atoms with van der Waals surface area (Å²) >= 11 is 0. The summed E-state index contributed by atoms with van der Waals surface area (Å²) in [6.45, 7) is 1.24. The number of hydrogen-bond donors (Lipinski definition) is 6. The first-order valence-electron chi connectivity index (χ1n) is 11.0. The summed E-state index contributed by atoms with van der Waals surface area (Å²) in [6.07, 6.45) is 9.09. The van der Waals surface area contributed by atoms with E-state index in [0.29, 0.717) is 25.3 Å². The maximum atomic E-state index is 12.7. The number of guanidine groups is 1. The standard InChI is InChI=1S/C23H33N7O4/c1-34-21-6-5-17(12-20(21)32)13-27-14-18(22(33)28-10-9-26-8-3-7-24)15-29-23(25)30-11-2-4-19(30)16-31/h5-10,12,15,18-19,24-25,27,31-32H,2-4,11,13-14,16H2,1H3,(H,28,33)/b10-9+,24-7?,25-23?,26-8?,29-15?/t18?,19-/m0/s1. The molecule has 1 fully saturated rings. The lowest BCUT2D eigenvalue weighted by Crippen LogP contribution is -2.38. The van der Waals surface area contributed by atoms with Crippen LogP contribution in [0.15, 0.2) is 40.6 Å². The minimum atomic E-state index is -0.683. The van der Waals surface area contributed by atoms with Crippen LogP contribution in [0, 0.1) is 16.7 Å². The molecule has 1 aromatic carbocycles. The van der Waals surface area contributed by atoms with Crippen LogP contribution >= 0.6 is 0 Å². The molecular weight excluding hydrogens is 438 g/mol. The Bertz CT molecular complexity index is 917. The van der Waals surface area contributed by atoms with Gasteiger partial charge in [0.05, 0.1) is 25.7 Å². The number of nitrogens with one attached hydrogen (secondary N) is 4. The van der Waals surface area contributed by atoms with Gasteiger partial charge in [-0.2, -0.15) is 0 Å². The van der Waals surface area contributed by atoms with Crippen LogP contribution in [0.25, 0.3) is 0 Å². The first-order valence-corrected chi connectivity index (χ1v) is 11.0. The molecule has 34 heavy (non-hydrogen) atoms. The van der Waals surface area contributed by atoms with Crippen molar-refractivity contribution < 1.29 is 19.7 Å². The highest BCUT2D eigenvalue weighted by atomic mass is 16.5. The van der Waals surface area contributed by atoms with Crippen molar-refractivity contribution in [2.75, 3.05) is 26.8 Å². The Balaban J connectivity index is 2.01. The summed E-state index contributed by atoms with van der Waals surface area (Å²) in [5.74, 6) is -0.590. The number of likely N-dealkylation sites (tertiary alicyclic amines) is 1. The van der Waals surface area contributed by atoms with Gasteiger partial charge in [0.2, 0.25) is 11.9 Å². The van der Waals surface area contributed by atoms with E-state index in [1.54, 1.807) is 17.0 Å². The van der Waals surface area contributed by atoms with Gasteiger partial charge in [-0.05, 0) is 30.5 Å². The number of aliphatic hydroxyl groups excluding tert-OH is 1. The molecule has 1 saturated heterocycles. The number of amides is 1. The van der Waals surface area contributed by atoms with Crippen molar-refractivity contribution >= 4 is 30.5 Å². The molecule has 11 nitrogen and oxygen atoms in total. The molecule has 6 N–H and O–H groups in total. The Morgan fingerprint density at radius 3 is 2.97 bits per heavy atom. The number of carbonyl (C=O) groups is 1. The fourth-order valence-corrected chi connectivity index (χ4v) is 3.41. The average Bonchev–Trinajstić information content (AvgIpc) is 3.32. The largest absolute Gasteiger partial charge is 0.504 e. The molecule has 0 aromatic heterocycles. The molecule has 11 heteroatoms. The summed E-state index contributed by atoms with van der Waals surface area (Å²) < 4.78 is 5.05. The van der Waals surface area contributed by atoms with Gasteiger partial charge in [-0.3, -0.25) is 15.2 Å². The van der Waals surface area contributed by atoms with Crippen LogP contribution in [0.3, 0.4) is 0 Å². The lowest BCUT2D eigenvalue weighted by Gasteiger charge is -2.23. The van der Waals surface area contributed by atoms with E-state index in [-0.39, 0.29) is 36.8 Å². The van der Waals surface area contributed by atoms with E-state index in [2.05, 4.69) is 20.6 Å². The Labute approximate surface area is 199 Å². The van der Waals surface area contributed by atoms with Gasteiger partial charge in [0.15, 0.2) is 11.5 Å². The Morgan fingerprint density at radius 1 is 1.44 bits per heavy atom. The molecule has 0 aliphatic carbocycles. The molecule has 1 unspecified atom stereocenters. The molecule has 1 aromatic rings. The second-order valence-electron chi connectivity index (χ2n) is 7.61. The third-order valence-electron chi connectivity index (χ3n) is 5.22. The van der Waals surface area contributed by atoms with Crippen LogP contribution in [0.5, 0.6) is 11.5 Å². The van der Waals surface area contributed by atoms with Gasteiger partial charge in [0.25, 0.3) is 0 Å². The number of nitrogens with zero attached hydrogens (tertiary/aromatic N) is 3. The van der Waals surface area contributed by atoms with Crippen LogP contribution in [0.1, 0.15) is 24.8 Å². The number of rotatable bonds is 12. The van der Waals surface area contributed by atoms with Crippen LogP contribution < -0.4 is 15.4 Å². The van der Waals surface area contributed by atoms with Crippen molar-refractivity contribution in [3.63, 3.8) is 0 Å². The molecule has 1 aliphatic heterocycles. The summed E-state index contributed by atoms with van der Waals surface area (Å²) in [6, 6.07) is 4.93. The van der Waals surface area contributed by atoms with Crippen LogP contribution in [-0.4, -0.2) is 78.5 Å². The van der Waals surface area contributed by atoms with Gasteiger partial charge in [-0.1, -0.05) is 6.07 Å². The number of aliphatic imine (C=N–C) groups is 2. The fraction of sp³-hybridized carbons (Fsp3) is 0.435. The van der Waals surface area contributed by atoms with E-state index in [0.717, 1.165) is 18.4 Å². The smallest absolute Gasteiger partial charge is 0.233 e. The topological polar surface area (TPSA) is 166 Å². The molecule has 0 radical (unpaired) electrons. The van der Waals surface area contributed by atoms with Gasteiger partial charge in [-0.15, -0.1) is 0 Å². The quantitative estimate of drug-likeness (QED) is 0.198. The zero-order valence-electron chi connectivity index (χ0n) is 19.3. The monoisotopic (exact) mass is 471 g/mol. The highest BCUT2D eigenvalue weighted by Gasteiger charge is 2.26. The molecule has 2 atom stereocenters. The van der Waals surface area contributed by atoms with Gasteiger partial charge >= 0.3 is 0 Å². The molecule has 0 saturated carbocycles. The van der Waals surface area contributed by atoms with Crippen molar-refractivity contribution in [3.8, 4) is 11.5 Å². The van der Waals surface area contributed by atoms with Crippen molar-refractivity contribution in [1.82, 2.24) is 15.5 Å². The Kier molecular flexibility index (Phi) is 11.4. The maximum absolute atomic E-state index is 12.7. The highest BCUT2D eigenvalue weighted by molar-refractivity contribution is 5.98. The minimum absolute atomic E-state index is 0.0150. The molecule has 1 heterocycles. The summed E-state index contributed by atoms with van der Waals surface area (Å²) in [4.78, 5) is 22.6. The van der Waals surface area contributed by atoms with Crippen LogP contribution in [-0.2, 0) is 11.3 Å². The number of benzene rings is 1. The zero-order chi connectivity index (χ0) is 24.8. The van der Waals surface area contributed by atoms with E-state index >= 15 is 0 Å². The number of phenols is 1. The molecule has 184 valence electrons. The second kappa shape index (κ2) is 14.6. The summed E-state index contributed by atoms with van der Waals surface area (Å²) in [5, 5.41) is 40.4. The van der Waals surface area contributed by atoms with Crippen molar-refractivity contribution in [3.05, 3.63) is 36.2 Å². The number of methoxy groups -OCH3 is 1. The molecule has 1 aliphatic rings. The van der Waals surface area contributed by atoms with Crippen LogP contribution in [0.4, 0.5) is 0 Å². The zero-order valence-corrected chi connectivity index (χ0v) is 19.3.